The van der Waals surface area contributed by atoms with Crippen molar-refractivity contribution in [3.05, 3.63) is 0 Å². The fourth-order valence-corrected chi connectivity index (χ4v) is 1.25. The molecule has 0 bridgehead atoms. The first kappa shape index (κ1) is 18.7. The molecule has 0 heterocycles. The summed E-state index contributed by atoms with van der Waals surface area (Å²) in [4.78, 5) is 11.5. The van der Waals surface area contributed by atoms with Gasteiger partial charge < -0.3 is 5.32 Å². The van der Waals surface area contributed by atoms with Crippen LogP contribution in [0.1, 0.15) is 41.5 Å². The average Bonchev–Trinajstić information content (AvgIpc) is 2.16. The van der Waals surface area contributed by atoms with E-state index in [1.54, 1.807) is 0 Å². The summed E-state index contributed by atoms with van der Waals surface area (Å²) in [6, 6.07) is 0. The van der Waals surface area contributed by atoms with Crippen LogP contribution in [0.3, 0.4) is 0 Å². The third-order valence-corrected chi connectivity index (χ3v) is 3.15. The predicted octanol–water partition coefficient (Wildman–Crippen LogP) is 1.10. The Morgan fingerprint density at radius 2 is 1.71 bits per heavy atom. The van der Waals surface area contributed by atoms with Gasteiger partial charge in [0.25, 0.3) is 0 Å². The largest absolute Gasteiger partial charge is 0.355 e. The summed E-state index contributed by atoms with van der Waals surface area (Å²) in [5, 5.41) is 7.35. The molecule has 0 saturated heterocycles. The zero-order chi connectivity index (χ0) is 14.3. The van der Waals surface area contributed by atoms with Gasteiger partial charge in [0.05, 0.1) is 5.75 Å². The topological polar surface area (TPSA) is 89.3 Å². The first-order valence-electron chi connectivity index (χ1n) is 5.82. The maximum absolute atomic E-state index is 11.5. The molecule has 0 aromatic heterocycles. The average molecular weight is 266 g/mol. The highest BCUT2D eigenvalue weighted by Crippen LogP contribution is 2.24. The van der Waals surface area contributed by atoms with E-state index < -0.39 is 10.0 Å². The Labute approximate surface area is 105 Å². The first-order chi connectivity index (χ1) is 7.54. The summed E-state index contributed by atoms with van der Waals surface area (Å²) < 4.78 is 21.2. The third-order valence-electron chi connectivity index (χ3n) is 2.38. The van der Waals surface area contributed by atoms with Crippen LogP contribution in [0.5, 0.6) is 0 Å². The lowest BCUT2D eigenvalue weighted by atomic mass is 9.81. The van der Waals surface area contributed by atoms with Gasteiger partial charge in [-0.25, -0.2) is 13.6 Å². The molecule has 104 valence electrons. The zero-order valence-electron chi connectivity index (χ0n) is 11.7. The summed E-state index contributed by atoms with van der Waals surface area (Å²) in [5.41, 5.74) is -0.133. The van der Waals surface area contributed by atoms with E-state index >= 15 is 0 Å². The van der Waals surface area contributed by atoms with Crippen LogP contribution in [0.4, 0.5) is 0 Å². The number of nitrogens with two attached hydrogens (primary N) is 1. The van der Waals surface area contributed by atoms with Crippen LogP contribution in [-0.4, -0.2) is 26.6 Å². The van der Waals surface area contributed by atoms with E-state index in [1.807, 2.05) is 41.5 Å². The Morgan fingerprint density at radius 1 is 1.29 bits per heavy atom. The number of nitrogens with one attached hydrogen (secondary N) is 1. The molecular formula is C11H26N2O3S. The van der Waals surface area contributed by atoms with Gasteiger partial charge in [0, 0.05) is 12.5 Å². The van der Waals surface area contributed by atoms with Crippen LogP contribution in [0.25, 0.3) is 0 Å². The Hall–Kier alpha value is -0.620. The molecule has 0 aliphatic rings. The van der Waals surface area contributed by atoms with Crippen molar-refractivity contribution in [1.29, 1.82) is 0 Å². The summed E-state index contributed by atoms with van der Waals surface area (Å²) >= 11 is 0. The third kappa shape index (κ3) is 10.3. The minimum Gasteiger partial charge on any atom is -0.355 e. The van der Waals surface area contributed by atoms with Crippen LogP contribution in [-0.2, 0) is 14.8 Å². The van der Waals surface area contributed by atoms with Crippen molar-refractivity contribution < 1.29 is 13.2 Å². The second-order valence-electron chi connectivity index (χ2n) is 4.75. The van der Waals surface area contributed by atoms with Crippen LogP contribution in [0, 0.1) is 11.3 Å². The van der Waals surface area contributed by atoms with Gasteiger partial charge in [-0.05, 0) is 5.41 Å². The van der Waals surface area contributed by atoms with Crippen LogP contribution >= 0.6 is 0 Å². The van der Waals surface area contributed by atoms with Crippen LogP contribution in [0.2, 0.25) is 0 Å². The fourth-order valence-electron chi connectivity index (χ4n) is 0.863. The molecule has 0 saturated carbocycles. The van der Waals surface area contributed by atoms with Crippen molar-refractivity contribution in [1.82, 2.24) is 5.32 Å². The molecule has 6 heteroatoms. The van der Waals surface area contributed by atoms with E-state index in [9.17, 15) is 13.2 Å². The standard InChI is InChI=1S/C9H20N2O3S.C2H6/c1-7(9(2,3)4)8(12)11-5-6-15(10,13)14;1-2/h7H,5-6H2,1-4H3,(H,11,12)(H2,10,13,14);1-2H3. The highest BCUT2D eigenvalue weighted by atomic mass is 32.2. The highest BCUT2D eigenvalue weighted by molar-refractivity contribution is 7.89. The molecule has 0 fully saturated rings. The molecule has 0 aromatic carbocycles. The number of carbonyl (C=O) groups excluding carboxylic acids is 1. The van der Waals surface area contributed by atoms with Gasteiger partial charge in [-0.1, -0.05) is 41.5 Å². The molecule has 1 unspecified atom stereocenters. The summed E-state index contributed by atoms with van der Waals surface area (Å²) in [5.74, 6) is -0.542. The molecule has 0 radical (unpaired) electrons. The van der Waals surface area contributed by atoms with Crippen molar-refractivity contribution >= 4 is 15.9 Å². The van der Waals surface area contributed by atoms with E-state index in [2.05, 4.69) is 5.32 Å². The second kappa shape index (κ2) is 7.66. The van der Waals surface area contributed by atoms with E-state index in [4.69, 9.17) is 5.14 Å². The number of hydrogen-bond donors (Lipinski definition) is 2. The SMILES string of the molecule is CC.CC(C(=O)NCCS(N)(=O)=O)C(C)(C)C. The van der Waals surface area contributed by atoms with Gasteiger partial charge in [0.2, 0.25) is 15.9 Å². The van der Waals surface area contributed by atoms with Gasteiger partial charge in [-0.15, -0.1) is 0 Å². The van der Waals surface area contributed by atoms with Gasteiger partial charge in [-0.2, -0.15) is 0 Å². The predicted molar refractivity (Wildman–Crippen MR) is 71.0 cm³/mol. The minimum absolute atomic E-state index is 0.0675. The van der Waals surface area contributed by atoms with Crippen molar-refractivity contribution in [3.63, 3.8) is 0 Å². The molecule has 0 rings (SSSR count). The van der Waals surface area contributed by atoms with Crippen molar-refractivity contribution in [2.75, 3.05) is 12.3 Å². The maximum Gasteiger partial charge on any atom is 0.223 e. The van der Waals surface area contributed by atoms with E-state index in [1.165, 1.54) is 0 Å². The number of amides is 1. The van der Waals surface area contributed by atoms with Crippen molar-refractivity contribution in [3.8, 4) is 0 Å². The molecule has 1 atom stereocenters. The maximum atomic E-state index is 11.5. The number of carbonyl (C=O) groups is 1. The highest BCUT2D eigenvalue weighted by Gasteiger charge is 2.26. The van der Waals surface area contributed by atoms with Gasteiger partial charge in [0.1, 0.15) is 0 Å². The van der Waals surface area contributed by atoms with Gasteiger partial charge in [-0.3, -0.25) is 4.79 Å². The molecule has 0 aliphatic carbocycles. The Morgan fingerprint density at radius 3 is 2.00 bits per heavy atom. The smallest absolute Gasteiger partial charge is 0.223 e. The van der Waals surface area contributed by atoms with Gasteiger partial charge in [0.15, 0.2) is 0 Å². The quantitative estimate of drug-likeness (QED) is 0.798. The lowest BCUT2D eigenvalue weighted by Crippen LogP contribution is -2.39. The molecular weight excluding hydrogens is 240 g/mol. The summed E-state index contributed by atoms with van der Waals surface area (Å²) in [6.45, 7) is 11.7. The molecule has 5 nitrogen and oxygen atoms in total. The molecule has 1 amide bonds. The summed E-state index contributed by atoms with van der Waals surface area (Å²) in [6.07, 6.45) is 0. The molecule has 0 spiro atoms. The molecule has 0 aliphatic heterocycles. The lowest BCUT2D eigenvalue weighted by molar-refractivity contribution is -0.127. The zero-order valence-corrected chi connectivity index (χ0v) is 12.5. The Kier molecular flexibility index (Phi) is 8.44. The number of hydrogen-bond acceptors (Lipinski definition) is 3. The summed E-state index contributed by atoms with van der Waals surface area (Å²) in [7, 11) is -3.50. The lowest BCUT2D eigenvalue weighted by Gasteiger charge is -2.25. The first-order valence-corrected chi connectivity index (χ1v) is 7.54. The molecule has 3 N–H and O–H groups in total. The molecule has 17 heavy (non-hydrogen) atoms. The van der Waals surface area contributed by atoms with Crippen LogP contribution < -0.4 is 10.5 Å². The number of rotatable bonds is 4. The Balaban J connectivity index is 0. The van der Waals surface area contributed by atoms with Crippen molar-refractivity contribution in [2.45, 2.75) is 41.5 Å². The number of sulfonamides is 1. The van der Waals surface area contributed by atoms with Crippen LogP contribution in [0.15, 0.2) is 0 Å². The van der Waals surface area contributed by atoms with E-state index in [0.717, 1.165) is 0 Å². The number of primary sulfonamides is 1. The van der Waals surface area contributed by atoms with E-state index in [-0.39, 0.29) is 29.5 Å². The monoisotopic (exact) mass is 266 g/mol. The fraction of sp³-hybridized carbons (Fsp3) is 0.909. The normalized spacial score (nSPS) is 13.4. The second-order valence-corrected chi connectivity index (χ2v) is 6.48. The van der Waals surface area contributed by atoms with Crippen molar-refractivity contribution in [2.24, 2.45) is 16.5 Å². The minimum atomic E-state index is -3.50. The van der Waals surface area contributed by atoms with E-state index in [0.29, 0.717) is 0 Å². The molecule has 0 aromatic rings. The van der Waals surface area contributed by atoms with Gasteiger partial charge >= 0.3 is 0 Å². The Bertz CT molecular complexity index is 318.